The molecule has 1 aromatic rings. The van der Waals surface area contributed by atoms with Crippen molar-refractivity contribution in [3.05, 3.63) is 11.7 Å². The maximum absolute atomic E-state index is 12.5. The van der Waals surface area contributed by atoms with E-state index in [4.69, 9.17) is 4.52 Å². The molecule has 102 valence electrons. The van der Waals surface area contributed by atoms with E-state index in [-0.39, 0.29) is 24.9 Å². The molecule has 0 bridgehead atoms. The van der Waals surface area contributed by atoms with Crippen molar-refractivity contribution in [2.45, 2.75) is 44.7 Å². The standard InChI is InChI=1S/C12H16N4O3/c1-8-13-9(15-19-8)6-16-7-10(17)14-12(11(16)18)4-2-3-5-12/h2-7H2,1H3,(H,14,17). The van der Waals surface area contributed by atoms with Gasteiger partial charge >= 0.3 is 0 Å². The van der Waals surface area contributed by atoms with Gasteiger partial charge in [-0.2, -0.15) is 4.98 Å². The molecule has 0 aromatic carbocycles. The minimum atomic E-state index is -0.686. The fraction of sp³-hybridized carbons (Fsp3) is 0.667. The molecule has 7 heteroatoms. The zero-order chi connectivity index (χ0) is 13.5. The van der Waals surface area contributed by atoms with Crippen LogP contribution in [0.25, 0.3) is 0 Å². The summed E-state index contributed by atoms with van der Waals surface area (Å²) in [5.41, 5.74) is -0.686. The highest BCUT2D eigenvalue weighted by molar-refractivity contribution is 5.98. The molecule has 3 rings (SSSR count). The predicted octanol–water partition coefficient (Wildman–Crippen LogP) is 0.149. The van der Waals surface area contributed by atoms with Gasteiger partial charge in [0, 0.05) is 6.92 Å². The highest BCUT2D eigenvalue weighted by atomic mass is 16.5. The number of aromatic nitrogens is 2. The van der Waals surface area contributed by atoms with Crippen molar-refractivity contribution >= 4 is 11.8 Å². The lowest BCUT2D eigenvalue weighted by Gasteiger charge is -2.39. The Hall–Kier alpha value is -1.92. The molecule has 2 heterocycles. The summed E-state index contributed by atoms with van der Waals surface area (Å²) in [6.07, 6.45) is 3.39. The Morgan fingerprint density at radius 3 is 2.74 bits per heavy atom. The number of rotatable bonds is 2. The summed E-state index contributed by atoms with van der Waals surface area (Å²) >= 11 is 0. The first-order valence-electron chi connectivity index (χ1n) is 6.49. The Balaban J connectivity index is 1.80. The second-order valence-corrected chi connectivity index (χ2v) is 5.23. The van der Waals surface area contributed by atoms with E-state index in [2.05, 4.69) is 15.5 Å². The highest BCUT2D eigenvalue weighted by Gasteiger charge is 2.48. The van der Waals surface area contributed by atoms with Crippen LogP contribution in [0.3, 0.4) is 0 Å². The van der Waals surface area contributed by atoms with E-state index in [1.54, 1.807) is 6.92 Å². The third kappa shape index (κ3) is 2.09. The normalized spacial score (nSPS) is 22.1. The second kappa shape index (κ2) is 4.32. The fourth-order valence-corrected chi connectivity index (χ4v) is 2.93. The largest absolute Gasteiger partial charge is 0.340 e. The van der Waals surface area contributed by atoms with Crippen LogP contribution in [-0.2, 0) is 16.1 Å². The van der Waals surface area contributed by atoms with Gasteiger partial charge < -0.3 is 14.7 Å². The van der Waals surface area contributed by atoms with Crippen molar-refractivity contribution in [1.29, 1.82) is 0 Å². The van der Waals surface area contributed by atoms with Crippen LogP contribution in [0.4, 0.5) is 0 Å². The Morgan fingerprint density at radius 2 is 2.11 bits per heavy atom. The van der Waals surface area contributed by atoms with Gasteiger partial charge in [-0.25, -0.2) is 0 Å². The van der Waals surface area contributed by atoms with Crippen LogP contribution < -0.4 is 5.32 Å². The lowest BCUT2D eigenvalue weighted by atomic mass is 9.93. The molecule has 7 nitrogen and oxygen atoms in total. The molecular weight excluding hydrogens is 248 g/mol. The van der Waals surface area contributed by atoms with Crippen LogP contribution in [0.2, 0.25) is 0 Å². The quantitative estimate of drug-likeness (QED) is 0.821. The first kappa shape index (κ1) is 12.1. The van der Waals surface area contributed by atoms with E-state index in [9.17, 15) is 9.59 Å². The summed E-state index contributed by atoms with van der Waals surface area (Å²) in [5, 5.41) is 6.64. The first-order valence-corrected chi connectivity index (χ1v) is 6.49. The molecule has 0 atom stereocenters. The molecule has 19 heavy (non-hydrogen) atoms. The number of aryl methyl sites for hydroxylation is 1. The fourth-order valence-electron chi connectivity index (χ4n) is 2.93. The Labute approximate surface area is 110 Å². The van der Waals surface area contributed by atoms with E-state index >= 15 is 0 Å². The first-order chi connectivity index (χ1) is 9.09. The lowest BCUT2D eigenvalue weighted by Crippen LogP contribution is -2.65. The van der Waals surface area contributed by atoms with Crippen LogP contribution in [0, 0.1) is 6.92 Å². The Bertz CT molecular complexity index is 519. The van der Waals surface area contributed by atoms with Crippen LogP contribution >= 0.6 is 0 Å². The molecular formula is C12H16N4O3. The van der Waals surface area contributed by atoms with Gasteiger partial charge in [0.05, 0.1) is 6.54 Å². The van der Waals surface area contributed by atoms with Crippen LogP contribution in [0.15, 0.2) is 4.52 Å². The van der Waals surface area contributed by atoms with Crippen LogP contribution in [-0.4, -0.2) is 38.9 Å². The minimum absolute atomic E-state index is 0.0212. The number of nitrogens with one attached hydrogen (secondary N) is 1. The van der Waals surface area contributed by atoms with E-state index < -0.39 is 5.54 Å². The van der Waals surface area contributed by atoms with Crippen molar-refractivity contribution in [2.75, 3.05) is 6.54 Å². The molecule has 2 amide bonds. The van der Waals surface area contributed by atoms with Crippen molar-refractivity contribution in [1.82, 2.24) is 20.4 Å². The van der Waals surface area contributed by atoms with Crippen molar-refractivity contribution in [2.24, 2.45) is 0 Å². The summed E-state index contributed by atoms with van der Waals surface area (Å²) in [6.45, 7) is 1.99. The zero-order valence-corrected chi connectivity index (χ0v) is 10.8. The molecule has 1 saturated carbocycles. The minimum Gasteiger partial charge on any atom is -0.340 e. The van der Waals surface area contributed by atoms with Crippen molar-refractivity contribution in [3.63, 3.8) is 0 Å². The SMILES string of the molecule is Cc1nc(CN2CC(=O)NC3(CCCC3)C2=O)no1. The summed E-state index contributed by atoms with van der Waals surface area (Å²) in [6, 6.07) is 0. The van der Waals surface area contributed by atoms with Gasteiger partial charge in [-0.05, 0) is 12.8 Å². The average molecular weight is 264 g/mol. The second-order valence-electron chi connectivity index (χ2n) is 5.23. The summed E-state index contributed by atoms with van der Waals surface area (Å²) in [5.74, 6) is 0.766. The number of piperazine rings is 1. The monoisotopic (exact) mass is 264 g/mol. The molecule has 1 N–H and O–H groups in total. The van der Waals surface area contributed by atoms with Crippen LogP contribution in [0.5, 0.6) is 0 Å². The Morgan fingerprint density at radius 1 is 1.37 bits per heavy atom. The van der Waals surface area contributed by atoms with Crippen LogP contribution in [0.1, 0.15) is 37.4 Å². The molecule has 2 fully saturated rings. The maximum atomic E-state index is 12.5. The van der Waals surface area contributed by atoms with Gasteiger partial charge in [-0.1, -0.05) is 18.0 Å². The number of hydrogen-bond acceptors (Lipinski definition) is 5. The van der Waals surface area contributed by atoms with Gasteiger partial charge in [-0.15, -0.1) is 0 Å². The molecule has 0 radical (unpaired) electrons. The number of carbonyl (C=O) groups is 2. The Kier molecular flexibility index (Phi) is 2.76. The molecule has 1 aliphatic carbocycles. The summed E-state index contributed by atoms with van der Waals surface area (Å²) in [7, 11) is 0. The third-order valence-electron chi connectivity index (χ3n) is 3.77. The molecule has 1 saturated heterocycles. The third-order valence-corrected chi connectivity index (χ3v) is 3.77. The van der Waals surface area contributed by atoms with E-state index in [1.807, 2.05) is 0 Å². The van der Waals surface area contributed by atoms with Gasteiger partial charge in [-0.3, -0.25) is 9.59 Å². The lowest BCUT2D eigenvalue weighted by molar-refractivity contribution is -0.150. The van der Waals surface area contributed by atoms with Gasteiger partial charge in [0.15, 0.2) is 5.82 Å². The van der Waals surface area contributed by atoms with E-state index in [1.165, 1.54) is 4.90 Å². The van der Waals surface area contributed by atoms with Gasteiger partial charge in [0.1, 0.15) is 12.1 Å². The molecule has 1 aliphatic heterocycles. The topological polar surface area (TPSA) is 88.3 Å². The van der Waals surface area contributed by atoms with E-state index in [0.29, 0.717) is 11.7 Å². The molecule has 0 unspecified atom stereocenters. The average Bonchev–Trinajstić information content (AvgIpc) is 2.96. The van der Waals surface area contributed by atoms with Crippen molar-refractivity contribution in [3.8, 4) is 0 Å². The number of nitrogens with zero attached hydrogens (tertiary/aromatic N) is 3. The predicted molar refractivity (Wildman–Crippen MR) is 63.8 cm³/mol. The maximum Gasteiger partial charge on any atom is 0.249 e. The number of carbonyl (C=O) groups excluding carboxylic acids is 2. The van der Waals surface area contributed by atoms with E-state index in [0.717, 1.165) is 25.7 Å². The summed E-state index contributed by atoms with van der Waals surface area (Å²) in [4.78, 5) is 29.9. The zero-order valence-electron chi connectivity index (χ0n) is 10.8. The van der Waals surface area contributed by atoms with Gasteiger partial charge in [0.2, 0.25) is 17.7 Å². The smallest absolute Gasteiger partial charge is 0.249 e. The molecule has 1 aromatic heterocycles. The van der Waals surface area contributed by atoms with Crippen molar-refractivity contribution < 1.29 is 14.1 Å². The molecule has 2 aliphatic rings. The molecule has 1 spiro atoms. The van der Waals surface area contributed by atoms with Gasteiger partial charge in [0.25, 0.3) is 0 Å². The highest BCUT2D eigenvalue weighted by Crippen LogP contribution is 2.33. The number of amides is 2. The summed E-state index contributed by atoms with van der Waals surface area (Å²) < 4.78 is 4.89. The number of hydrogen-bond donors (Lipinski definition) is 1.